The minimum atomic E-state index is -4.96. The Bertz CT molecular complexity index is 1980. The zero-order valence-corrected chi connectivity index (χ0v) is 69.4. The van der Waals surface area contributed by atoms with Crippen LogP contribution in [0.3, 0.4) is 0 Å². The second-order valence-electron chi connectivity index (χ2n) is 31.2. The third kappa shape index (κ3) is 78.0. The molecule has 19 heteroatoms. The number of phosphoric ester groups is 2. The maximum absolute atomic E-state index is 13.1. The predicted octanol–water partition coefficient (Wildman–Crippen LogP) is 25.5. The Hall–Kier alpha value is -1.94. The van der Waals surface area contributed by atoms with Gasteiger partial charge in [-0.05, 0) is 37.5 Å². The van der Waals surface area contributed by atoms with E-state index in [2.05, 4.69) is 41.5 Å². The Balaban J connectivity index is 5.25. The molecule has 17 nitrogen and oxygen atoms in total. The van der Waals surface area contributed by atoms with E-state index in [-0.39, 0.29) is 25.7 Å². The minimum absolute atomic E-state index is 0.107. The molecule has 0 aliphatic heterocycles. The van der Waals surface area contributed by atoms with Crippen molar-refractivity contribution in [2.75, 3.05) is 39.6 Å². The summed E-state index contributed by atoms with van der Waals surface area (Å²) in [7, 11) is -9.93. The fourth-order valence-electron chi connectivity index (χ4n) is 13.1. The van der Waals surface area contributed by atoms with Crippen LogP contribution in [0.1, 0.15) is 446 Å². The van der Waals surface area contributed by atoms with Crippen molar-refractivity contribution in [3.63, 3.8) is 0 Å². The highest BCUT2D eigenvalue weighted by atomic mass is 31.2. The summed E-state index contributed by atoms with van der Waals surface area (Å²) in [6.45, 7) is 9.68. The predicted molar refractivity (Wildman–Crippen MR) is 423 cm³/mol. The quantitative estimate of drug-likeness (QED) is 0.0222. The molecule has 0 heterocycles. The highest BCUT2D eigenvalue weighted by Crippen LogP contribution is 2.45. The van der Waals surface area contributed by atoms with E-state index < -0.39 is 97.5 Å². The zero-order valence-electron chi connectivity index (χ0n) is 67.6. The third-order valence-corrected chi connectivity index (χ3v) is 21.6. The lowest BCUT2D eigenvalue weighted by molar-refractivity contribution is -0.161. The molecule has 3 N–H and O–H groups in total. The highest BCUT2D eigenvalue weighted by molar-refractivity contribution is 7.47. The van der Waals surface area contributed by atoms with Crippen molar-refractivity contribution in [1.29, 1.82) is 0 Å². The minimum Gasteiger partial charge on any atom is -0.462 e. The van der Waals surface area contributed by atoms with Gasteiger partial charge in [0.2, 0.25) is 0 Å². The summed E-state index contributed by atoms with van der Waals surface area (Å²) in [6, 6.07) is 0. The summed E-state index contributed by atoms with van der Waals surface area (Å²) in [5, 5.41) is 10.7. The molecule has 0 saturated carbocycles. The Kier molecular flexibility index (Phi) is 74.1. The molecule has 0 aliphatic carbocycles. The van der Waals surface area contributed by atoms with Crippen molar-refractivity contribution in [1.82, 2.24) is 0 Å². The highest BCUT2D eigenvalue weighted by Gasteiger charge is 2.30. The number of aliphatic hydroxyl groups excluding tert-OH is 1. The molecule has 5 atom stereocenters. The van der Waals surface area contributed by atoms with Gasteiger partial charge >= 0.3 is 39.5 Å². The van der Waals surface area contributed by atoms with Crippen LogP contribution in [-0.4, -0.2) is 96.7 Å². The number of ether oxygens (including phenoxy) is 4. The number of carbonyl (C=O) groups excluding carboxylic acids is 4. The average Bonchev–Trinajstić information content (AvgIpc) is 0.913. The zero-order chi connectivity index (χ0) is 75.6. The van der Waals surface area contributed by atoms with Crippen LogP contribution >= 0.6 is 15.6 Å². The van der Waals surface area contributed by atoms with Crippen LogP contribution in [0, 0.1) is 11.8 Å². The molecule has 0 rings (SSSR count). The third-order valence-electron chi connectivity index (χ3n) is 19.7. The number of hydrogen-bond acceptors (Lipinski definition) is 15. The first-order chi connectivity index (χ1) is 49.9. The van der Waals surface area contributed by atoms with Gasteiger partial charge in [0, 0.05) is 25.7 Å². The summed E-state index contributed by atoms with van der Waals surface area (Å²) in [4.78, 5) is 73.2. The summed E-state index contributed by atoms with van der Waals surface area (Å²) in [6.07, 6.45) is 66.5. The number of aliphatic hydroxyl groups is 1. The summed E-state index contributed by atoms with van der Waals surface area (Å²) < 4.78 is 68.9. The lowest BCUT2D eigenvalue weighted by atomic mass is 10.0. The average molecular weight is 1510 g/mol. The molecule has 612 valence electrons. The number of unbranched alkanes of at least 4 members (excludes halogenated alkanes) is 53. The molecule has 0 amide bonds. The van der Waals surface area contributed by atoms with E-state index in [1.165, 1.54) is 263 Å². The van der Waals surface area contributed by atoms with E-state index in [1.807, 2.05) is 0 Å². The van der Waals surface area contributed by atoms with Crippen LogP contribution < -0.4 is 0 Å². The van der Waals surface area contributed by atoms with Crippen LogP contribution in [0.4, 0.5) is 0 Å². The second-order valence-corrected chi connectivity index (χ2v) is 34.1. The van der Waals surface area contributed by atoms with Crippen LogP contribution in [-0.2, 0) is 65.4 Å². The Morgan fingerprint density at radius 1 is 0.262 bits per heavy atom. The number of rotatable bonds is 83. The van der Waals surface area contributed by atoms with E-state index in [0.717, 1.165) is 102 Å². The van der Waals surface area contributed by atoms with Gasteiger partial charge in [0.1, 0.15) is 19.3 Å². The summed E-state index contributed by atoms with van der Waals surface area (Å²) in [5.41, 5.74) is 0. The van der Waals surface area contributed by atoms with Gasteiger partial charge in [-0.1, -0.05) is 395 Å². The molecule has 2 unspecified atom stereocenters. The van der Waals surface area contributed by atoms with Crippen LogP contribution in [0.25, 0.3) is 0 Å². The molecule has 0 bridgehead atoms. The molecule has 0 saturated heterocycles. The Labute approximate surface area is 632 Å². The Morgan fingerprint density at radius 2 is 0.447 bits per heavy atom. The fraction of sp³-hybridized carbons (Fsp3) is 0.952. The topological polar surface area (TPSA) is 237 Å². The van der Waals surface area contributed by atoms with Gasteiger partial charge in [-0.15, -0.1) is 0 Å². The maximum atomic E-state index is 13.1. The van der Waals surface area contributed by atoms with Crippen molar-refractivity contribution in [3.8, 4) is 0 Å². The van der Waals surface area contributed by atoms with Crippen LogP contribution in [0.15, 0.2) is 0 Å². The van der Waals surface area contributed by atoms with Crippen LogP contribution in [0.5, 0.6) is 0 Å². The molecule has 0 fully saturated rings. The van der Waals surface area contributed by atoms with Crippen molar-refractivity contribution in [2.24, 2.45) is 11.8 Å². The molecular weight excluding hydrogens is 1340 g/mol. The monoisotopic (exact) mass is 1510 g/mol. The van der Waals surface area contributed by atoms with E-state index in [1.54, 1.807) is 0 Å². The van der Waals surface area contributed by atoms with Gasteiger partial charge in [-0.3, -0.25) is 37.3 Å². The first kappa shape index (κ1) is 101. The van der Waals surface area contributed by atoms with E-state index >= 15 is 0 Å². The molecule has 0 aromatic heterocycles. The Morgan fingerprint density at radius 3 is 0.660 bits per heavy atom. The SMILES string of the molecule is CCCCCCCCCCCCCCCCCCCCCC(=O)O[C@H](COC(=O)CCCCCCCCCCCCCCCCCC(C)C)COP(=O)(O)OC[C@@H](O)COP(=O)(O)OC[C@@H](COC(=O)CCCCCCCCCCCCCCC)OC(=O)CCCCCCCCCCCCC(C)C. The molecule has 0 aromatic carbocycles. The second kappa shape index (κ2) is 75.5. The number of hydrogen-bond donors (Lipinski definition) is 3. The lowest BCUT2D eigenvalue weighted by Gasteiger charge is -2.21. The van der Waals surface area contributed by atoms with Gasteiger partial charge in [0.05, 0.1) is 26.4 Å². The normalized spacial score (nSPS) is 13.9. The summed E-state index contributed by atoms with van der Waals surface area (Å²) >= 11 is 0. The first-order valence-electron chi connectivity index (χ1n) is 43.5. The molecule has 0 radical (unpaired) electrons. The molecule has 0 aliphatic rings. The molecule has 0 spiro atoms. The number of esters is 4. The fourth-order valence-corrected chi connectivity index (χ4v) is 14.6. The van der Waals surface area contributed by atoms with E-state index in [9.17, 15) is 43.2 Å². The van der Waals surface area contributed by atoms with Crippen molar-refractivity contribution < 1.29 is 80.2 Å². The molecule has 103 heavy (non-hydrogen) atoms. The van der Waals surface area contributed by atoms with Gasteiger partial charge in [-0.2, -0.15) is 0 Å². The van der Waals surface area contributed by atoms with Gasteiger partial charge in [0.25, 0.3) is 0 Å². The lowest BCUT2D eigenvalue weighted by Crippen LogP contribution is -2.30. The smallest absolute Gasteiger partial charge is 0.462 e. The van der Waals surface area contributed by atoms with Crippen molar-refractivity contribution in [2.45, 2.75) is 464 Å². The molecule has 0 aromatic rings. The first-order valence-corrected chi connectivity index (χ1v) is 46.5. The van der Waals surface area contributed by atoms with Gasteiger partial charge in [-0.25, -0.2) is 9.13 Å². The molecular formula is C84H164O17P2. The van der Waals surface area contributed by atoms with Crippen molar-refractivity contribution in [3.05, 3.63) is 0 Å². The maximum Gasteiger partial charge on any atom is 0.472 e. The van der Waals surface area contributed by atoms with Gasteiger partial charge in [0.15, 0.2) is 12.2 Å². The van der Waals surface area contributed by atoms with Crippen molar-refractivity contribution >= 4 is 39.5 Å². The number of phosphoric acid groups is 2. The summed E-state index contributed by atoms with van der Waals surface area (Å²) in [5.74, 6) is -0.545. The van der Waals surface area contributed by atoms with E-state index in [0.29, 0.717) is 25.7 Å². The standard InChI is InChI=1S/C84H164O17P2/c1-7-9-11-13-15-17-19-21-22-23-24-25-28-33-37-44-50-56-62-68-83(88)100-79(72-95-82(87)67-61-55-49-43-36-32-29-26-27-31-34-40-46-52-58-64-76(3)4)74-98-102(90,91)96-70-78(85)71-97-103(92,93)99-75-80(101-84(89)69-63-57-51-45-39-38-41-47-53-59-65-77(5)6)73-94-81(86)66-60-54-48-42-35-30-20-18-16-14-12-10-8-2/h76-80,85H,7-75H2,1-6H3,(H,90,91)(H,92,93)/t78-,79-,80-/m1/s1. The van der Waals surface area contributed by atoms with Gasteiger partial charge < -0.3 is 33.8 Å². The van der Waals surface area contributed by atoms with E-state index in [4.69, 9.17) is 37.0 Å². The van der Waals surface area contributed by atoms with Crippen LogP contribution in [0.2, 0.25) is 0 Å². The largest absolute Gasteiger partial charge is 0.472 e. The number of carbonyl (C=O) groups is 4.